The number of fused-ring (bicyclic) bond motifs is 3. The summed E-state index contributed by atoms with van der Waals surface area (Å²) in [7, 11) is 1.69. The van der Waals surface area contributed by atoms with Crippen LogP contribution in [-0.4, -0.2) is 16.7 Å². The minimum Gasteiger partial charge on any atom is -0.497 e. The SMILES string of the molecule is COc1ccc2c3ncccc3n(Cc3ccc(SN)cc3)c2c1. The van der Waals surface area contributed by atoms with Crippen LogP contribution < -0.4 is 9.88 Å². The van der Waals surface area contributed by atoms with E-state index >= 15 is 0 Å². The lowest BCUT2D eigenvalue weighted by Crippen LogP contribution is -1.99. The third-order valence-corrected chi connectivity index (χ3v) is 4.77. The largest absolute Gasteiger partial charge is 0.497 e. The molecule has 0 aliphatic rings. The van der Waals surface area contributed by atoms with Crippen LogP contribution in [0.5, 0.6) is 5.75 Å². The summed E-state index contributed by atoms with van der Waals surface area (Å²) in [6.07, 6.45) is 1.84. The number of hydrogen-bond donors (Lipinski definition) is 1. The van der Waals surface area contributed by atoms with Crippen LogP contribution in [0.3, 0.4) is 0 Å². The molecule has 0 spiro atoms. The van der Waals surface area contributed by atoms with Crippen molar-refractivity contribution in [3.63, 3.8) is 0 Å². The molecule has 2 aromatic carbocycles. The molecule has 0 aliphatic carbocycles. The lowest BCUT2D eigenvalue weighted by Gasteiger charge is -2.09. The van der Waals surface area contributed by atoms with E-state index in [0.29, 0.717) is 0 Å². The van der Waals surface area contributed by atoms with Gasteiger partial charge in [-0.1, -0.05) is 12.1 Å². The number of ether oxygens (including phenoxy) is 1. The molecule has 0 saturated carbocycles. The molecule has 0 unspecified atom stereocenters. The zero-order chi connectivity index (χ0) is 16.5. The standard InChI is InChI=1S/C19H17N3OS/c1-23-14-6-9-16-18(11-14)22(17-3-2-10-21-19(16)17)12-13-4-7-15(24-20)8-5-13/h2-11H,12,20H2,1H3. The van der Waals surface area contributed by atoms with E-state index in [-0.39, 0.29) is 0 Å². The molecule has 0 saturated heterocycles. The van der Waals surface area contributed by atoms with Crippen LogP contribution in [0.4, 0.5) is 0 Å². The van der Waals surface area contributed by atoms with Crippen molar-refractivity contribution in [2.24, 2.45) is 5.14 Å². The third-order valence-electron chi connectivity index (χ3n) is 4.23. The van der Waals surface area contributed by atoms with E-state index in [0.717, 1.165) is 39.1 Å². The second-order valence-electron chi connectivity index (χ2n) is 5.60. The Hall–Kier alpha value is -2.50. The fourth-order valence-electron chi connectivity index (χ4n) is 3.04. The lowest BCUT2D eigenvalue weighted by molar-refractivity contribution is 0.415. The number of nitrogens with zero attached hydrogens (tertiary/aromatic N) is 2. The highest BCUT2D eigenvalue weighted by molar-refractivity contribution is 7.97. The van der Waals surface area contributed by atoms with Crippen LogP contribution in [0.1, 0.15) is 5.56 Å². The van der Waals surface area contributed by atoms with Crippen molar-refractivity contribution >= 4 is 33.9 Å². The van der Waals surface area contributed by atoms with Gasteiger partial charge in [-0.2, -0.15) is 0 Å². The maximum Gasteiger partial charge on any atom is 0.120 e. The van der Waals surface area contributed by atoms with E-state index < -0.39 is 0 Å². The zero-order valence-corrected chi connectivity index (χ0v) is 14.1. The van der Waals surface area contributed by atoms with Crippen LogP contribution in [0.15, 0.2) is 65.7 Å². The Bertz CT molecular complexity index is 1010. The predicted molar refractivity (Wildman–Crippen MR) is 99.4 cm³/mol. The maximum absolute atomic E-state index is 5.61. The van der Waals surface area contributed by atoms with Gasteiger partial charge in [0, 0.05) is 29.1 Å². The number of methoxy groups -OCH3 is 1. The molecule has 4 rings (SSSR count). The molecule has 0 amide bonds. The van der Waals surface area contributed by atoms with Gasteiger partial charge in [0.2, 0.25) is 0 Å². The molecule has 2 heterocycles. The molecule has 2 N–H and O–H groups in total. The van der Waals surface area contributed by atoms with Gasteiger partial charge in [0.15, 0.2) is 0 Å². The summed E-state index contributed by atoms with van der Waals surface area (Å²) in [5.41, 5.74) is 4.49. The summed E-state index contributed by atoms with van der Waals surface area (Å²) in [5.74, 6) is 0.849. The van der Waals surface area contributed by atoms with Crippen molar-refractivity contribution in [3.05, 3.63) is 66.4 Å². The minimum absolute atomic E-state index is 0.772. The number of aromatic nitrogens is 2. The number of benzene rings is 2. The minimum atomic E-state index is 0.772. The zero-order valence-electron chi connectivity index (χ0n) is 13.3. The molecular formula is C19H17N3OS. The van der Waals surface area contributed by atoms with E-state index in [1.165, 1.54) is 17.5 Å². The highest BCUT2D eigenvalue weighted by Gasteiger charge is 2.12. The summed E-state index contributed by atoms with van der Waals surface area (Å²) in [6.45, 7) is 0.772. The number of pyridine rings is 1. The molecular weight excluding hydrogens is 318 g/mol. The first-order valence-electron chi connectivity index (χ1n) is 7.67. The molecule has 0 bridgehead atoms. The Morgan fingerprint density at radius 1 is 1.08 bits per heavy atom. The van der Waals surface area contributed by atoms with E-state index in [2.05, 4.69) is 39.9 Å². The van der Waals surface area contributed by atoms with E-state index in [9.17, 15) is 0 Å². The molecule has 0 atom stereocenters. The van der Waals surface area contributed by atoms with Gasteiger partial charge < -0.3 is 9.30 Å². The van der Waals surface area contributed by atoms with Crippen LogP contribution in [-0.2, 0) is 6.54 Å². The summed E-state index contributed by atoms with van der Waals surface area (Å²) in [5, 5.41) is 6.75. The first-order chi connectivity index (χ1) is 11.8. The molecule has 24 heavy (non-hydrogen) atoms. The first-order valence-corrected chi connectivity index (χ1v) is 8.55. The molecule has 0 fully saturated rings. The molecule has 2 aromatic heterocycles. The lowest BCUT2D eigenvalue weighted by atomic mass is 10.2. The predicted octanol–water partition coefficient (Wildman–Crippen LogP) is 4.21. The van der Waals surface area contributed by atoms with Crippen molar-refractivity contribution in [1.29, 1.82) is 0 Å². The normalized spacial score (nSPS) is 11.2. The van der Waals surface area contributed by atoms with Gasteiger partial charge in [-0.05, 0) is 53.9 Å². The number of hydrogen-bond acceptors (Lipinski definition) is 4. The Kier molecular flexibility index (Phi) is 3.88. The fourth-order valence-corrected chi connectivity index (χ4v) is 3.33. The molecule has 0 radical (unpaired) electrons. The van der Waals surface area contributed by atoms with Gasteiger partial charge in [0.05, 0.1) is 23.7 Å². The van der Waals surface area contributed by atoms with Gasteiger partial charge in [-0.15, -0.1) is 0 Å². The van der Waals surface area contributed by atoms with Crippen LogP contribution in [0.25, 0.3) is 21.9 Å². The van der Waals surface area contributed by atoms with Crippen molar-refractivity contribution in [2.75, 3.05) is 7.11 Å². The highest BCUT2D eigenvalue weighted by Crippen LogP contribution is 2.31. The average Bonchev–Trinajstić information content (AvgIpc) is 2.96. The topological polar surface area (TPSA) is 53.1 Å². The Balaban J connectivity index is 1.90. The molecule has 5 heteroatoms. The van der Waals surface area contributed by atoms with Crippen molar-refractivity contribution in [1.82, 2.24) is 9.55 Å². The molecule has 0 aliphatic heterocycles. The van der Waals surface area contributed by atoms with Gasteiger partial charge in [0.1, 0.15) is 5.75 Å². The van der Waals surface area contributed by atoms with Gasteiger partial charge in [-0.25, -0.2) is 0 Å². The van der Waals surface area contributed by atoms with Crippen LogP contribution >= 0.6 is 11.9 Å². The van der Waals surface area contributed by atoms with Crippen molar-refractivity contribution in [2.45, 2.75) is 11.4 Å². The van der Waals surface area contributed by atoms with Crippen LogP contribution in [0, 0.1) is 0 Å². The summed E-state index contributed by atoms with van der Waals surface area (Å²) in [4.78, 5) is 5.63. The highest BCUT2D eigenvalue weighted by atomic mass is 32.2. The Labute approximate surface area is 144 Å². The molecule has 4 nitrogen and oxygen atoms in total. The van der Waals surface area contributed by atoms with E-state index in [4.69, 9.17) is 9.88 Å². The van der Waals surface area contributed by atoms with Gasteiger partial charge >= 0.3 is 0 Å². The number of rotatable bonds is 4. The maximum atomic E-state index is 5.61. The third kappa shape index (κ3) is 2.52. The summed E-state index contributed by atoms with van der Waals surface area (Å²) >= 11 is 1.26. The quantitative estimate of drug-likeness (QED) is 0.568. The van der Waals surface area contributed by atoms with Gasteiger partial charge in [0.25, 0.3) is 0 Å². The molecule has 120 valence electrons. The summed E-state index contributed by atoms with van der Waals surface area (Å²) < 4.78 is 7.69. The van der Waals surface area contributed by atoms with E-state index in [1.807, 2.05) is 30.5 Å². The molecule has 4 aromatic rings. The first kappa shape index (κ1) is 15.1. The second kappa shape index (κ2) is 6.19. The fraction of sp³-hybridized carbons (Fsp3) is 0.105. The Morgan fingerprint density at radius 2 is 1.92 bits per heavy atom. The Morgan fingerprint density at radius 3 is 2.67 bits per heavy atom. The smallest absolute Gasteiger partial charge is 0.120 e. The van der Waals surface area contributed by atoms with Crippen molar-refractivity contribution in [3.8, 4) is 5.75 Å². The number of nitrogens with two attached hydrogens (primary N) is 1. The van der Waals surface area contributed by atoms with Crippen LogP contribution in [0.2, 0.25) is 0 Å². The second-order valence-corrected chi connectivity index (χ2v) is 6.31. The van der Waals surface area contributed by atoms with E-state index in [1.54, 1.807) is 7.11 Å². The average molecular weight is 335 g/mol. The van der Waals surface area contributed by atoms with Crippen molar-refractivity contribution < 1.29 is 4.74 Å². The monoisotopic (exact) mass is 335 g/mol. The van der Waals surface area contributed by atoms with Gasteiger partial charge in [-0.3, -0.25) is 10.1 Å². The summed E-state index contributed by atoms with van der Waals surface area (Å²) in [6, 6.07) is 18.5.